The van der Waals surface area contributed by atoms with Crippen molar-refractivity contribution in [2.75, 3.05) is 5.73 Å². The van der Waals surface area contributed by atoms with Crippen LogP contribution in [-0.2, 0) is 16.1 Å². The van der Waals surface area contributed by atoms with Crippen molar-refractivity contribution in [3.63, 3.8) is 0 Å². The Morgan fingerprint density at radius 1 is 1.26 bits per heavy atom. The molecule has 0 bridgehead atoms. The number of hydrogen-bond acceptors (Lipinski definition) is 4. The number of nitrogens with one attached hydrogen (secondary N) is 1. The predicted molar refractivity (Wildman–Crippen MR) is 66.9 cm³/mol. The third kappa shape index (κ3) is 1.76. The Hall–Kier alpha value is -2.37. The number of amides is 3. The molecule has 0 aromatic heterocycles. The molecule has 1 aromatic rings. The molecule has 3 amide bonds. The molecule has 0 saturated carbocycles. The third-order valence-electron chi connectivity index (χ3n) is 3.62. The van der Waals surface area contributed by atoms with Crippen LogP contribution in [0.2, 0.25) is 0 Å². The summed E-state index contributed by atoms with van der Waals surface area (Å²) >= 11 is 0. The summed E-state index contributed by atoms with van der Waals surface area (Å²) in [6.07, 6.45) is 0.621. The fraction of sp³-hybridized carbons (Fsp3) is 0.308. The molecule has 6 heteroatoms. The highest BCUT2D eigenvalue weighted by molar-refractivity contribution is 6.06. The van der Waals surface area contributed by atoms with Gasteiger partial charge in [0.2, 0.25) is 11.8 Å². The Labute approximate surface area is 109 Å². The molecular formula is C13H13N3O3. The van der Waals surface area contributed by atoms with E-state index in [2.05, 4.69) is 5.32 Å². The second kappa shape index (κ2) is 4.08. The summed E-state index contributed by atoms with van der Waals surface area (Å²) in [5.41, 5.74) is 7.71. The minimum Gasteiger partial charge on any atom is -0.398 e. The molecule has 1 atom stereocenters. The van der Waals surface area contributed by atoms with E-state index in [4.69, 9.17) is 5.73 Å². The highest BCUT2D eigenvalue weighted by Gasteiger charge is 2.39. The quantitative estimate of drug-likeness (QED) is 0.549. The van der Waals surface area contributed by atoms with E-state index in [-0.39, 0.29) is 18.2 Å². The molecule has 1 saturated heterocycles. The van der Waals surface area contributed by atoms with Gasteiger partial charge in [-0.25, -0.2) is 0 Å². The molecule has 0 radical (unpaired) electrons. The molecule has 0 spiro atoms. The molecule has 0 unspecified atom stereocenters. The summed E-state index contributed by atoms with van der Waals surface area (Å²) in [6.45, 7) is 0.327. The van der Waals surface area contributed by atoms with Crippen LogP contribution >= 0.6 is 0 Å². The predicted octanol–water partition coefficient (Wildman–Crippen LogP) is 0.0298. The Bertz CT molecular complexity index is 597. The molecular weight excluding hydrogens is 246 g/mol. The van der Waals surface area contributed by atoms with Gasteiger partial charge < -0.3 is 10.6 Å². The second-order valence-electron chi connectivity index (χ2n) is 4.77. The maximum absolute atomic E-state index is 12.3. The molecule has 3 N–H and O–H groups in total. The Morgan fingerprint density at radius 3 is 2.74 bits per heavy atom. The Morgan fingerprint density at radius 2 is 2.05 bits per heavy atom. The van der Waals surface area contributed by atoms with Gasteiger partial charge in [-0.1, -0.05) is 6.07 Å². The Kier molecular flexibility index (Phi) is 2.51. The van der Waals surface area contributed by atoms with E-state index in [0.717, 1.165) is 5.56 Å². The maximum atomic E-state index is 12.3. The number of anilines is 1. The lowest BCUT2D eigenvalue weighted by Crippen LogP contribution is -2.52. The van der Waals surface area contributed by atoms with Crippen LogP contribution in [0.3, 0.4) is 0 Å². The zero-order valence-corrected chi connectivity index (χ0v) is 10.2. The van der Waals surface area contributed by atoms with E-state index in [1.54, 1.807) is 18.2 Å². The third-order valence-corrected chi connectivity index (χ3v) is 3.62. The average molecular weight is 259 g/mol. The van der Waals surface area contributed by atoms with Gasteiger partial charge in [0.05, 0.1) is 0 Å². The molecule has 3 rings (SSSR count). The van der Waals surface area contributed by atoms with Gasteiger partial charge in [-0.05, 0) is 18.6 Å². The zero-order valence-electron chi connectivity index (χ0n) is 10.2. The van der Waals surface area contributed by atoms with Gasteiger partial charge in [0.15, 0.2) is 0 Å². The number of carbonyl (C=O) groups is 3. The summed E-state index contributed by atoms with van der Waals surface area (Å²) in [4.78, 5) is 36.7. The van der Waals surface area contributed by atoms with Crippen LogP contribution < -0.4 is 11.1 Å². The first-order valence-corrected chi connectivity index (χ1v) is 6.10. The number of nitrogen functional groups attached to an aromatic ring is 1. The molecule has 2 heterocycles. The molecule has 1 aromatic carbocycles. The minimum absolute atomic E-state index is 0.197. The van der Waals surface area contributed by atoms with Gasteiger partial charge in [0.25, 0.3) is 5.91 Å². The van der Waals surface area contributed by atoms with E-state index >= 15 is 0 Å². The lowest BCUT2D eigenvalue weighted by Gasteiger charge is -2.29. The lowest BCUT2D eigenvalue weighted by atomic mass is 10.0. The van der Waals surface area contributed by atoms with Crippen molar-refractivity contribution < 1.29 is 14.4 Å². The van der Waals surface area contributed by atoms with Gasteiger partial charge in [0, 0.05) is 29.8 Å². The van der Waals surface area contributed by atoms with Crippen LogP contribution in [0.15, 0.2) is 18.2 Å². The van der Waals surface area contributed by atoms with Crippen LogP contribution in [-0.4, -0.2) is 28.7 Å². The lowest BCUT2D eigenvalue weighted by molar-refractivity contribution is -0.136. The van der Waals surface area contributed by atoms with Crippen molar-refractivity contribution >= 4 is 23.4 Å². The van der Waals surface area contributed by atoms with Gasteiger partial charge in [0.1, 0.15) is 6.04 Å². The largest absolute Gasteiger partial charge is 0.398 e. The van der Waals surface area contributed by atoms with Crippen molar-refractivity contribution in [2.24, 2.45) is 0 Å². The molecule has 19 heavy (non-hydrogen) atoms. The number of benzene rings is 1. The van der Waals surface area contributed by atoms with Gasteiger partial charge in [-0.3, -0.25) is 19.7 Å². The van der Waals surface area contributed by atoms with Crippen LogP contribution in [0.5, 0.6) is 0 Å². The fourth-order valence-corrected chi connectivity index (χ4v) is 2.61. The summed E-state index contributed by atoms with van der Waals surface area (Å²) in [5.74, 6) is -0.891. The monoisotopic (exact) mass is 259 g/mol. The van der Waals surface area contributed by atoms with Crippen molar-refractivity contribution in [2.45, 2.75) is 25.4 Å². The second-order valence-corrected chi connectivity index (χ2v) is 4.77. The van der Waals surface area contributed by atoms with E-state index < -0.39 is 11.9 Å². The summed E-state index contributed by atoms with van der Waals surface area (Å²) in [7, 11) is 0. The van der Waals surface area contributed by atoms with Crippen LogP contribution in [0.1, 0.15) is 28.8 Å². The van der Waals surface area contributed by atoms with Gasteiger partial charge in [-0.2, -0.15) is 0 Å². The van der Waals surface area contributed by atoms with E-state index in [0.29, 0.717) is 24.2 Å². The molecule has 2 aliphatic rings. The number of hydrogen-bond donors (Lipinski definition) is 2. The first-order valence-electron chi connectivity index (χ1n) is 6.10. The molecule has 2 aliphatic heterocycles. The first-order chi connectivity index (χ1) is 9.08. The summed E-state index contributed by atoms with van der Waals surface area (Å²) < 4.78 is 0. The molecule has 6 nitrogen and oxygen atoms in total. The highest BCUT2D eigenvalue weighted by atomic mass is 16.2. The minimum atomic E-state index is -0.586. The number of piperidine rings is 1. The number of fused-ring (bicyclic) bond motifs is 1. The van der Waals surface area contributed by atoms with Crippen molar-refractivity contribution in [3.05, 3.63) is 29.3 Å². The van der Waals surface area contributed by atoms with Gasteiger partial charge >= 0.3 is 0 Å². The number of carbonyl (C=O) groups excluding carboxylic acids is 3. The first kappa shape index (κ1) is 11.7. The summed E-state index contributed by atoms with van der Waals surface area (Å²) in [6, 6.07) is 4.58. The van der Waals surface area contributed by atoms with Crippen molar-refractivity contribution in [3.8, 4) is 0 Å². The smallest absolute Gasteiger partial charge is 0.255 e. The molecule has 0 aliphatic carbocycles. The van der Waals surface area contributed by atoms with Crippen molar-refractivity contribution in [1.82, 2.24) is 10.2 Å². The highest BCUT2D eigenvalue weighted by Crippen LogP contribution is 2.30. The van der Waals surface area contributed by atoms with Crippen LogP contribution in [0.25, 0.3) is 0 Å². The maximum Gasteiger partial charge on any atom is 0.255 e. The normalized spacial score (nSPS) is 22.4. The number of nitrogens with zero attached hydrogens (tertiary/aromatic N) is 1. The van der Waals surface area contributed by atoms with E-state index in [9.17, 15) is 14.4 Å². The summed E-state index contributed by atoms with van der Waals surface area (Å²) in [5, 5.41) is 2.27. The SMILES string of the molecule is Nc1cccc2c1CN([C@H]1CCC(=O)NC1=O)C2=O. The number of nitrogens with two attached hydrogens (primary N) is 1. The number of imide groups is 1. The van der Waals surface area contributed by atoms with Crippen LogP contribution in [0, 0.1) is 0 Å². The van der Waals surface area contributed by atoms with E-state index in [1.165, 1.54) is 4.90 Å². The van der Waals surface area contributed by atoms with Crippen molar-refractivity contribution in [1.29, 1.82) is 0 Å². The Balaban J connectivity index is 1.90. The topological polar surface area (TPSA) is 92.5 Å². The number of rotatable bonds is 1. The van der Waals surface area contributed by atoms with Crippen LogP contribution in [0.4, 0.5) is 5.69 Å². The molecule has 98 valence electrons. The fourth-order valence-electron chi connectivity index (χ4n) is 2.61. The zero-order chi connectivity index (χ0) is 13.6. The van der Waals surface area contributed by atoms with E-state index in [1.807, 2.05) is 0 Å². The molecule has 1 fully saturated rings. The average Bonchev–Trinajstić information content (AvgIpc) is 2.69. The standard InChI is InChI=1S/C13H13N3O3/c14-9-3-1-2-7-8(9)6-16(13(7)19)10-4-5-11(17)15-12(10)18/h1-3,10H,4-6,14H2,(H,15,17,18)/t10-/m0/s1. The van der Waals surface area contributed by atoms with Gasteiger partial charge in [-0.15, -0.1) is 0 Å².